The van der Waals surface area contributed by atoms with Crippen LogP contribution in [0.2, 0.25) is 0 Å². The van der Waals surface area contributed by atoms with Gasteiger partial charge in [0.25, 0.3) is 0 Å². The third-order valence-corrected chi connectivity index (χ3v) is 3.23. The molecule has 0 saturated carbocycles. The van der Waals surface area contributed by atoms with Gasteiger partial charge in [0.05, 0.1) is 30.5 Å². The third-order valence-electron chi connectivity index (χ3n) is 3.23. The van der Waals surface area contributed by atoms with Gasteiger partial charge in [0.1, 0.15) is 5.56 Å². The molecule has 2 aromatic rings. The Balaban J connectivity index is 2.49. The summed E-state index contributed by atoms with van der Waals surface area (Å²) in [4.78, 5) is 26.1. The van der Waals surface area contributed by atoms with Crippen molar-refractivity contribution in [3.05, 3.63) is 46.1 Å². The topological polar surface area (TPSA) is 112 Å². The summed E-state index contributed by atoms with van der Waals surface area (Å²) < 4.78 is 10.3. The van der Waals surface area contributed by atoms with Crippen molar-refractivity contribution in [3.63, 3.8) is 0 Å². The van der Waals surface area contributed by atoms with E-state index in [-0.39, 0.29) is 22.7 Å². The molecule has 0 aliphatic heterocycles. The number of pyridine rings is 1. The largest absolute Gasteiger partial charge is 0.491 e. The maximum atomic E-state index is 11.4. The lowest BCUT2D eigenvalue weighted by atomic mass is 10.1. The second-order valence-corrected chi connectivity index (χ2v) is 4.86. The van der Waals surface area contributed by atoms with Gasteiger partial charge in [0, 0.05) is 11.6 Å². The minimum absolute atomic E-state index is 0.0491. The van der Waals surface area contributed by atoms with E-state index < -0.39 is 10.9 Å². The predicted octanol–water partition coefficient (Wildman–Crippen LogP) is 3.15. The van der Waals surface area contributed by atoms with Crippen molar-refractivity contribution in [2.45, 2.75) is 13.3 Å². The first-order chi connectivity index (χ1) is 11.5. The predicted molar refractivity (Wildman–Crippen MR) is 85.6 cm³/mol. The summed E-state index contributed by atoms with van der Waals surface area (Å²) in [5, 5.41) is 20.4. The molecule has 0 spiro atoms. The fourth-order valence-electron chi connectivity index (χ4n) is 2.09. The first-order valence-electron chi connectivity index (χ1n) is 7.16. The van der Waals surface area contributed by atoms with Gasteiger partial charge in [0.15, 0.2) is 11.5 Å². The molecule has 0 atom stereocenters. The van der Waals surface area contributed by atoms with Crippen molar-refractivity contribution >= 4 is 11.7 Å². The normalized spacial score (nSPS) is 10.2. The molecule has 0 fully saturated rings. The second-order valence-electron chi connectivity index (χ2n) is 4.86. The van der Waals surface area contributed by atoms with E-state index in [4.69, 9.17) is 9.47 Å². The van der Waals surface area contributed by atoms with E-state index in [0.717, 1.165) is 6.42 Å². The van der Waals surface area contributed by atoms with Gasteiger partial charge in [-0.25, -0.2) is 4.79 Å². The first kappa shape index (κ1) is 17.2. The molecule has 0 saturated heterocycles. The molecule has 0 bridgehead atoms. The molecule has 1 aromatic heterocycles. The van der Waals surface area contributed by atoms with Crippen molar-refractivity contribution in [1.82, 2.24) is 4.98 Å². The molecule has 8 heteroatoms. The number of hydrogen-bond donors (Lipinski definition) is 1. The summed E-state index contributed by atoms with van der Waals surface area (Å²) in [6.07, 6.45) is 2.04. The number of benzene rings is 1. The number of aromatic carboxylic acids is 1. The molecule has 1 N–H and O–H groups in total. The van der Waals surface area contributed by atoms with Crippen LogP contribution in [0.3, 0.4) is 0 Å². The van der Waals surface area contributed by atoms with Gasteiger partial charge in [-0.3, -0.25) is 15.1 Å². The molecular weight excluding hydrogens is 316 g/mol. The number of carbonyl (C=O) groups is 1. The summed E-state index contributed by atoms with van der Waals surface area (Å²) in [6.45, 7) is 2.27. The highest BCUT2D eigenvalue weighted by Gasteiger charge is 2.18. The zero-order valence-electron chi connectivity index (χ0n) is 13.2. The maximum absolute atomic E-state index is 11.4. The molecule has 0 aliphatic rings. The van der Waals surface area contributed by atoms with Gasteiger partial charge in [0.2, 0.25) is 0 Å². The monoisotopic (exact) mass is 332 g/mol. The van der Waals surface area contributed by atoms with Crippen molar-refractivity contribution in [2.24, 2.45) is 0 Å². The second kappa shape index (κ2) is 7.40. The van der Waals surface area contributed by atoms with Crippen LogP contribution in [0.15, 0.2) is 30.5 Å². The number of ether oxygens (including phenoxy) is 2. The number of aromatic nitrogens is 1. The Hall–Kier alpha value is -3.16. The molecule has 0 aliphatic carbocycles. The van der Waals surface area contributed by atoms with E-state index in [2.05, 4.69) is 4.98 Å². The minimum atomic E-state index is -1.16. The number of hydrogen-bond acceptors (Lipinski definition) is 6. The van der Waals surface area contributed by atoms with Crippen LogP contribution < -0.4 is 9.47 Å². The molecule has 8 nitrogen and oxygen atoms in total. The SMILES string of the molecule is CCCOc1cnc(-c2ccc(OC)c([N+](=O)[O-])c2)cc1C(=O)O. The third kappa shape index (κ3) is 3.60. The van der Waals surface area contributed by atoms with Crippen molar-refractivity contribution in [1.29, 1.82) is 0 Å². The van der Waals surface area contributed by atoms with Crippen LogP contribution in [-0.2, 0) is 0 Å². The highest BCUT2D eigenvalue weighted by atomic mass is 16.6. The summed E-state index contributed by atoms with van der Waals surface area (Å²) >= 11 is 0. The number of methoxy groups -OCH3 is 1. The Kier molecular flexibility index (Phi) is 5.31. The number of carboxylic acids is 1. The highest BCUT2D eigenvalue weighted by Crippen LogP contribution is 2.32. The van der Waals surface area contributed by atoms with Gasteiger partial charge in [-0.1, -0.05) is 6.92 Å². The number of rotatable bonds is 7. The molecule has 2 rings (SSSR count). The summed E-state index contributed by atoms with van der Waals surface area (Å²) in [5.74, 6) is -0.881. The molecule has 1 aromatic carbocycles. The lowest BCUT2D eigenvalue weighted by Crippen LogP contribution is -2.05. The molecule has 24 heavy (non-hydrogen) atoms. The number of carboxylic acid groups (broad SMARTS) is 1. The molecule has 126 valence electrons. The van der Waals surface area contributed by atoms with E-state index in [1.807, 2.05) is 6.92 Å². The Morgan fingerprint density at radius 3 is 2.67 bits per heavy atom. The van der Waals surface area contributed by atoms with Crippen LogP contribution in [0, 0.1) is 10.1 Å². The molecule has 1 heterocycles. The Labute approximate surface area is 137 Å². The van der Waals surface area contributed by atoms with E-state index >= 15 is 0 Å². The van der Waals surface area contributed by atoms with Gasteiger partial charge in [-0.15, -0.1) is 0 Å². The zero-order chi connectivity index (χ0) is 17.7. The standard InChI is InChI=1S/C16H16N2O6/c1-3-6-24-15-9-17-12(8-11(15)16(19)20)10-4-5-14(23-2)13(7-10)18(21)22/h4-5,7-9H,3,6H2,1-2H3,(H,19,20). The molecular formula is C16H16N2O6. The van der Waals surface area contributed by atoms with Crippen LogP contribution in [0.1, 0.15) is 23.7 Å². The average molecular weight is 332 g/mol. The van der Waals surface area contributed by atoms with Gasteiger partial charge < -0.3 is 14.6 Å². The fraction of sp³-hybridized carbons (Fsp3) is 0.250. The summed E-state index contributed by atoms with van der Waals surface area (Å²) in [5.41, 5.74) is 0.431. The van der Waals surface area contributed by atoms with Crippen LogP contribution >= 0.6 is 0 Å². The Bertz CT molecular complexity index is 775. The summed E-state index contributed by atoms with van der Waals surface area (Å²) in [7, 11) is 1.34. The summed E-state index contributed by atoms with van der Waals surface area (Å²) in [6, 6.07) is 5.64. The number of nitrogens with zero attached hydrogens (tertiary/aromatic N) is 2. The quantitative estimate of drug-likeness (QED) is 0.612. The van der Waals surface area contributed by atoms with Crippen LogP contribution in [0.4, 0.5) is 5.69 Å². The lowest BCUT2D eigenvalue weighted by molar-refractivity contribution is -0.385. The highest BCUT2D eigenvalue weighted by molar-refractivity contribution is 5.92. The van der Waals surface area contributed by atoms with Crippen LogP contribution in [-0.4, -0.2) is 34.7 Å². The fourth-order valence-corrected chi connectivity index (χ4v) is 2.09. The van der Waals surface area contributed by atoms with Crippen molar-refractivity contribution in [3.8, 4) is 22.8 Å². The molecule has 0 radical (unpaired) electrons. The minimum Gasteiger partial charge on any atom is -0.491 e. The lowest BCUT2D eigenvalue weighted by Gasteiger charge is -2.10. The van der Waals surface area contributed by atoms with Gasteiger partial charge in [-0.05, 0) is 24.6 Å². The molecule has 0 amide bonds. The van der Waals surface area contributed by atoms with Gasteiger partial charge in [-0.2, -0.15) is 0 Å². The smallest absolute Gasteiger partial charge is 0.339 e. The number of nitro benzene ring substituents is 1. The number of nitro groups is 1. The van der Waals surface area contributed by atoms with Crippen LogP contribution in [0.25, 0.3) is 11.3 Å². The van der Waals surface area contributed by atoms with E-state index in [9.17, 15) is 20.0 Å². The van der Waals surface area contributed by atoms with Gasteiger partial charge >= 0.3 is 11.7 Å². The van der Waals surface area contributed by atoms with E-state index in [1.165, 1.54) is 31.5 Å². The van der Waals surface area contributed by atoms with E-state index in [1.54, 1.807) is 6.07 Å². The zero-order valence-corrected chi connectivity index (χ0v) is 13.2. The van der Waals surface area contributed by atoms with Crippen molar-refractivity contribution in [2.75, 3.05) is 13.7 Å². The Morgan fingerprint density at radius 2 is 2.08 bits per heavy atom. The first-order valence-corrected chi connectivity index (χ1v) is 7.16. The van der Waals surface area contributed by atoms with E-state index in [0.29, 0.717) is 17.9 Å². The Morgan fingerprint density at radius 1 is 1.33 bits per heavy atom. The van der Waals surface area contributed by atoms with Crippen molar-refractivity contribution < 1.29 is 24.3 Å². The van der Waals surface area contributed by atoms with Crippen LogP contribution in [0.5, 0.6) is 11.5 Å². The maximum Gasteiger partial charge on any atom is 0.339 e. The molecule has 0 unspecified atom stereocenters. The average Bonchev–Trinajstić information content (AvgIpc) is 2.59.